The highest BCUT2D eigenvalue weighted by Crippen LogP contribution is 2.20. The lowest BCUT2D eigenvalue weighted by molar-refractivity contribution is 0.150. The lowest BCUT2D eigenvalue weighted by Gasteiger charge is -2.19. The average molecular weight is 209 g/mol. The molecule has 2 atom stereocenters. The molecule has 1 aromatic carbocycles. The van der Waals surface area contributed by atoms with E-state index in [2.05, 4.69) is 5.32 Å². The number of hydrogen-bond acceptors (Lipinski definition) is 3. The summed E-state index contributed by atoms with van der Waals surface area (Å²) in [6.45, 7) is 4.41. The third-order valence-corrected chi connectivity index (χ3v) is 2.34. The predicted molar refractivity (Wildman–Crippen MR) is 61.1 cm³/mol. The SMILES string of the molecule is CCOc1ccc(C(NC)C(C)O)cc1. The van der Waals surface area contributed by atoms with Gasteiger partial charge in [-0.1, -0.05) is 12.1 Å². The predicted octanol–water partition coefficient (Wildman–Crippen LogP) is 1.73. The molecule has 0 radical (unpaired) electrons. The van der Waals surface area contributed by atoms with E-state index in [1.54, 1.807) is 6.92 Å². The first-order chi connectivity index (χ1) is 7.19. The van der Waals surface area contributed by atoms with Crippen LogP contribution in [0, 0.1) is 0 Å². The van der Waals surface area contributed by atoms with E-state index >= 15 is 0 Å². The zero-order valence-corrected chi connectivity index (χ0v) is 9.53. The van der Waals surface area contributed by atoms with Gasteiger partial charge in [0.25, 0.3) is 0 Å². The summed E-state index contributed by atoms with van der Waals surface area (Å²) in [6.07, 6.45) is -0.409. The fourth-order valence-electron chi connectivity index (χ4n) is 1.62. The molecule has 15 heavy (non-hydrogen) atoms. The molecule has 0 aromatic heterocycles. The number of rotatable bonds is 5. The van der Waals surface area contributed by atoms with E-state index in [0.717, 1.165) is 11.3 Å². The maximum absolute atomic E-state index is 9.54. The second-order valence-electron chi connectivity index (χ2n) is 3.51. The monoisotopic (exact) mass is 209 g/mol. The van der Waals surface area contributed by atoms with E-state index in [9.17, 15) is 5.11 Å². The smallest absolute Gasteiger partial charge is 0.119 e. The number of nitrogens with one attached hydrogen (secondary N) is 1. The minimum atomic E-state index is -0.409. The van der Waals surface area contributed by atoms with Crippen molar-refractivity contribution in [2.75, 3.05) is 13.7 Å². The summed E-state index contributed by atoms with van der Waals surface area (Å²) in [5.41, 5.74) is 1.07. The molecule has 3 heteroatoms. The van der Waals surface area contributed by atoms with E-state index < -0.39 is 6.10 Å². The molecule has 0 amide bonds. The maximum Gasteiger partial charge on any atom is 0.119 e. The van der Waals surface area contributed by atoms with Gasteiger partial charge in [0.1, 0.15) is 5.75 Å². The van der Waals surface area contributed by atoms with E-state index in [1.165, 1.54) is 0 Å². The molecule has 0 saturated carbocycles. The molecule has 0 aliphatic carbocycles. The van der Waals surface area contributed by atoms with Crippen molar-refractivity contribution in [3.8, 4) is 5.75 Å². The van der Waals surface area contributed by atoms with Crippen LogP contribution >= 0.6 is 0 Å². The molecule has 1 aromatic rings. The van der Waals surface area contributed by atoms with Crippen molar-refractivity contribution >= 4 is 0 Å². The Hall–Kier alpha value is -1.06. The topological polar surface area (TPSA) is 41.5 Å². The zero-order chi connectivity index (χ0) is 11.3. The fraction of sp³-hybridized carbons (Fsp3) is 0.500. The number of aliphatic hydroxyl groups is 1. The van der Waals surface area contributed by atoms with Crippen molar-refractivity contribution < 1.29 is 9.84 Å². The molecule has 0 bridgehead atoms. The van der Waals surface area contributed by atoms with Crippen molar-refractivity contribution in [2.24, 2.45) is 0 Å². The second-order valence-corrected chi connectivity index (χ2v) is 3.51. The van der Waals surface area contributed by atoms with Crippen LogP contribution in [0.1, 0.15) is 25.5 Å². The number of benzene rings is 1. The third-order valence-electron chi connectivity index (χ3n) is 2.34. The van der Waals surface area contributed by atoms with Gasteiger partial charge in [0.2, 0.25) is 0 Å². The Labute approximate surface area is 91.1 Å². The Kier molecular flexibility index (Phi) is 4.59. The molecule has 84 valence electrons. The summed E-state index contributed by atoms with van der Waals surface area (Å²) < 4.78 is 5.35. The first-order valence-electron chi connectivity index (χ1n) is 5.27. The third kappa shape index (κ3) is 3.22. The van der Waals surface area contributed by atoms with E-state index in [0.29, 0.717) is 6.61 Å². The van der Waals surface area contributed by atoms with Gasteiger partial charge in [-0.25, -0.2) is 0 Å². The van der Waals surface area contributed by atoms with Crippen molar-refractivity contribution in [3.05, 3.63) is 29.8 Å². The van der Waals surface area contributed by atoms with Gasteiger partial charge >= 0.3 is 0 Å². The minimum Gasteiger partial charge on any atom is -0.494 e. The Morgan fingerprint density at radius 1 is 1.33 bits per heavy atom. The van der Waals surface area contributed by atoms with Crippen LogP contribution in [0.2, 0.25) is 0 Å². The lowest BCUT2D eigenvalue weighted by Crippen LogP contribution is -2.26. The molecule has 0 fully saturated rings. The first-order valence-corrected chi connectivity index (χ1v) is 5.27. The Morgan fingerprint density at radius 3 is 2.33 bits per heavy atom. The summed E-state index contributed by atoms with van der Waals surface area (Å²) >= 11 is 0. The Bertz CT molecular complexity index is 282. The highest BCUT2D eigenvalue weighted by molar-refractivity contribution is 5.29. The van der Waals surface area contributed by atoms with Crippen LogP contribution < -0.4 is 10.1 Å². The van der Waals surface area contributed by atoms with Gasteiger partial charge in [-0.3, -0.25) is 0 Å². The van der Waals surface area contributed by atoms with Crippen molar-refractivity contribution in [1.29, 1.82) is 0 Å². The van der Waals surface area contributed by atoms with Crippen LogP contribution in [0.5, 0.6) is 5.75 Å². The lowest BCUT2D eigenvalue weighted by atomic mass is 10.0. The van der Waals surface area contributed by atoms with Gasteiger partial charge in [0.15, 0.2) is 0 Å². The van der Waals surface area contributed by atoms with Gasteiger partial charge in [-0.15, -0.1) is 0 Å². The molecule has 3 nitrogen and oxygen atoms in total. The van der Waals surface area contributed by atoms with Crippen LogP contribution in [0.3, 0.4) is 0 Å². The molecule has 0 heterocycles. The summed E-state index contributed by atoms with van der Waals surface area (Å²) in [5, 5.41) is 12.6. The maximum atomic E-state index is 9.54. The normalized spacial score (nSPS) is 14.7. The van der Waals surface area contributed by atoms with Crippen LogP contribution in [0.25, 0.3) is 0 Å². The molecule has 0 aliphatic heterocycles. The van der Waals surface area contributed by atoms with E-state index in [1.807, 2.05) is 38.2 Å². The highest BCUT2D eigenvalue weighted by Gasteiger charge is 2.14. The summed E-state index contributed by atoms with van der Waals surface area (Å²) in [6, 6.07) is 7.76. The van der Waals surface area contributed by atoms with E-state index in [-0.39, 0.29) is 6.04 Å². The number of hydrogen-bond donors (Lipinski definition) is 2. The van der Waals surface area contributed by atoms with Gasteiger partial charge in [0.05, 0.1) is 18.8 Å². The second kappa shape index (κ2) is 5.73. The molecular weight excluding hydrogens is 190 g/mol. The zero-order valence-electron chi connectivity index (χ0n) is 9.53. The molecule has 2 N–H and O–H groups in total. The van der Waals surface area contributed by atoms with Gasteiger partial charge < -0.3 is 15.2 Å². The standard InChI is InChI=1S/C12H19NO2/c1-4-15-11-7-5-10(6-8-11)12(13-3)9(2)14/h5-9,12-14H,4H2,1-3H3. The van der Waals surface area contributed by atoms with Crippen LogP contribution in [0.15, 0.2) is 24.3 Å². The minimum absolute atomic E-state index is 0.0272. The molecule has 1 rings (SSSR count). The highest BCUT2D eigenvalue weighted by atomic mass is 16.5. The van der Waals surface area contributed by atoms with Crippen molar-refractivity contribution in [3.63, 3.8) is 0 Å². The van der Waals surface area contributed by atoms with Crippen molar-refractivity contribution in [1.82, 2.24) is 5.32 Å². The van der Waals surface area contributed by atoms with Crippen LogP contribution in [-0.4, -0.2) is 24.9 Å². The van der Waals surface area contributed by atoms with Gasteiger partial charge in [-0.2, -0.15) is 0 Å². The quantitative estimate of drug-likeness (QED) is 0.776. The summed E-state index contributed by atoms with van der Waals surface area (Å²) in [7, 11) is 1.84. The Morgan fingerprint density at radius 2 is 1.93 bits per heavy atom. The average Bonchev–Trinajstić information content (AvgIpc) is 2.21. The summed E-state index contributed by atoms with van der Waals surface area (Å²) in [5.74, 6) is 0.863. The summed E-state index contributed by atoms with van der Waals surface area (Å²) in [4.78, 5) is 0. The number of ether oxygens (including phenoxy) is 1. The number of aliphatic hydroxyl groups excluding tert-OH is 1. The van der Waals surface area contributed by atoms with Gasteiger partial charge in [0, 0.05) is 0 Å². The number of likely N-dealkylation sites (N-methyl/N-ethyl adjacent to an activating group) is 1. The van der Waals surface area contributed by atoms with Gasteiger partial charge in [-0.05, 0) is 38.6 Å². The molecule has 0 aliphatic rings. The molecule has 2 unspecified atom stereocenters. The molecule has 0 saturated heterocycles. The Balaban J connectivity index is 2.77. The molecular formula is C12H19NO2. The van der Waals surface area contributed by atoms with E-state index in [4.69, 9.17) is 4.74 Å². The van der Waals surface area contributed by atoms with Crippen LogP contribution in [0.4, 0.5) is 0 Å². The van der Waals surface area contributed by atoms with Crippen LogP contribution in [-0.2, 0) is 0 Å². The largest absolute Gasteiger partial charge is 0.494 e. The van der Waals surface area contributed by atoms with Crippen molar-refractivity contribution in [2.45, 2.75) is 26.0 Å². The first kappa shape index (κ1) is 12.0. The molecule has 0 spiro atoms. The fourth-order valence-corrected chi connectivity index (χ4v) is 1.62.